The van der Waals surface area contributed by atoms with Crippen molar-refractivity contribution in [2.45, 2.75) is 17.3 Å². The number of thiophene rings is 1. The number of carbonyl (C=O) groups excluding carboxylic acids is 1. The Morgan fingerprint density at radius 1 is 0.765 bits per heavy atom. The Kier molecular flexibility index (Phi) is 7.40. The van der Waals surface area contributed by atoms with Gasteiger partial charge in [-0.2, -0.15) is 0 Å². The summed E-state index contributed by atoms with van der Waals surface area (Å²) in [5.74, 6) is -0.851. The minimum atomic E-state index is -4.02. The lowest BCUT2D eigenvalue weighted by atomic mass is 10.1. The summed E-state index contributed by atoms with van der Waals surface area (Å²) in [4.78, 5) is 15.2. The summed E-state index contributed by atoms with van der Waals surface area (Å²) in [6.07, 6.45) is 0. The molecule has 0 aliphatic carbocycles. The van der Waals surface area contributed by atoms with E-state index in [-0.39, 0.29) is 15.8 Å². The van der Waals surface area contributed by atoms with Gasteiger partial charge in [-0.25, -0.2) is 12.8 Å². The van der Waals surface area contributed by atoms with Crippen LogP contribution in [0.15, 0.2) is 107 Å². The molecule has 0 saturated carbocycles. The second kappa shape index (κ2) is 10.6. The van der Waals surface area contributed by atoms with Gasteiger partial charge < -0.3 is 4.90 Å². The van der Waals surface area contributed by atoms with E-state index in [2.05, 4.69) is 0 Å². The quantitative estimate of drug-likeness (QED) is 0.317. The number of anilines is 1. The highest BCUT2D eigenvalue weighted by Crippen LogP contribution is 2.27. The summed E-state index contributed by atoms with van der Waals surface area (Å²) < 4.78 is 41.6. The highest BCUT2D eigenvalue weighted by atomic mass is 32.2. The van der Waals surface area contributed by atoms with E-state index >= 15 is 0 Å². The smallest absolute Gasteiger partial charge is 0.274 e. The molecule has 1 aromatic heterocycles. The van der Waals surface area contributed by atoms with Gasteiger partial charge in [-0.1, -0.05) is 66.7 Å². The molecule has 0 N–H and O–H groups in total. The Bertz CT molecular complexity index is 1270. The summed E-state index contributed by atoms with van der Waals surface area (Å²) in [6, 6.07) is 27.3. The van der Waals surface area contributed by atoms with Crippen molar-refractivity contribution in [1.82, 2.24) is 4.90 Å². The van der Waals surface area contributed by atoms with Crippen LogP contribution >= 0.6 is 11.3 Å². The van der Waals surface area contributed by atoms with E-state index in [1.165, 1.54) is 30.3 Å². The van der Waals surface area contributed by atoms with E-state index in [4.69, 9.17) is 0 Å². The van der Waals surface area contributed by atoms with Gasteiger partial charge in [0.05, 0.1) is 5.69 Å². The molecule has 0 unspecified atom stereocenters. The molecule has 4 aromatic rings. The molecule has 174 valence electrons. The van der Waals surface area contributed by atoms with E-state index in [0.717, 1.165) is 26.8 Å². The van der Waals surface area contributed by atoms with Crippen molar-refractivity contribution in [3.63, 3.8) is 0 Å². The lowest BCUT2D eigenvalue weighted by molar-refractivity contribution is -0.130. The first kappa shape index (κ1) is 23.7. The summed E-state index contributed by atoms with van der Waals surface area (Å²) in [6.45, 7) is 0.237. The minimum absolute atomic E-state index is 0.113. The van der Waals surface area contributed by atoms with Crippen molar-refractivity contribution < 1.29 is 17.6 Å². The van der Waals surface area contributed by atoms with E-state index in [1.54, 1.807) is 16.3 Å². The van der Waals surface area contributed by atoms with Gasteiger partial charge in [-0.3, -0.25) is 9.10 Å². The zero-order valence-corrected chi connectivity index (χ0v) is 19.9. The molecule has 0 radical (unpaired) electrons. The third kappa shape index (κ3) is 5.70. The van der Waals surface area contributed by atoms with Gasteiger partial charge in [0.15, 0.2) is 0 Å². The molecule has 3 aromatic carbocycles. The molecule has 0 spiro atoms. The Hall–Kier alpha value is -3.49. The predicted octanol–water partition coefficient (Wildman–Crippen LogP) is 5.31. The maximum atomic E-state index is 13.6. The average Bonchev–Trinajstić information content (AvgIpc) is 3.40. The first-order chi connectivity index (χ1) is 16.4. The van der Waals surface area contributed by atoms with Crippen LogP contribution in [0, 0.1) is 5.82 Å². The van der Waals surface area contributed by atoms with Crippen LogP contribution in [0.25, 0.3) is 0 Å². The molecule has 0 aliphatic heterocycles. The molecule has 1 heterocycles. The number of carbonyl (C=O) groups is 1. The highest BCUT2D eigenvalue weighted by Gasteiger charge is 2.30. The number of benzene rings is 3. The van der Waals surface area contributed by atoms with Gasteiger partial charge in [-0.05, 0) is 46.8 Å². The van der Waals surface area contributed by atoms with Crippen molar-refractivity contribution in [2.24, 2.45) is 0 Å². The van der Waals surface area contributed by atoms with E-state index < -0.39 is 22.4 Å². The van der Waals surface area contributed by atoms with Gasteiger partial charge in [0.1, 0.15) is 16.6 Å². The summed E-state index contributed by atoms with van der Waals surface area (Å²) in [5.41, 5.74) is 2.09. The van der Waals surface area contributed by atoms with Gasteiger partial charge in [0.2, 0.25) is 5.91 Å². The fourth-order valence-corrected chi connectivity index (χ4v) is 6.02. The van der Waals surface area contributed by atoms with E-state index in [0.29, 0.717) is 13.1 Å². The van der Waals surface area contributed by atoms with E-state index in [9.17, 15) is 17.6 Å². The number of rotatable bonds is 9. The van der Waals surface area contributed by atoms with Crippen LogP contribution in [-0.4, -0.2) is 25.8 Å². The van der Waals surface area contributed by atoms with Crippen LogP contribution < -0.4 is 4.31 Å². The molecule has 34 heavy (non-hydrogen) atoms. The average molecular weight is 495 g/mol. The zero-order valence-electron chi connectivity index (χ0n) is 18.2. The SMILES string of the molecule is O=C(CN(c1ccc(F)cc1)S(=O)(=O)c1cccs1)N(Cc1ccccc1)Cc1ccccc1. The van der Waals surface area contributed by atoms with Crippen LogP contribution in [0.3, 0.4) is 0 Å². The molecule has 0 saturated heterocycles. The fourth-order valence-electron chi connectivity index (χ4n) is 3.50. The van der Waals surface area contributed by atoms with Gasteiger partial charge in [0.25, 0.3) is 10.0 Å². The van der Waals surface area contributed by atoms with E-state index in [1.807, 2.05) is 60.7 Å². The molecular formula is C26H23FN2O3S2. The highest BCUT2D eigenvalue weighted by molar-refractivity contribution is 7.94. The fraction of sp³-hybridized carbons (Fsp3) is 0.115. The molecule has 0 aliphatic rings. The minimum Gasteiger partial charge on any atom is -0.332 e. The summed E-state index contributed by atoms with van der Waals surface area (Å²) in [5, 5.41) is 1.66. The van der Waals surface area contributed by atoms with Crippen LogP contribution in [0.4, 0.5) is 10.1 Å². The summed E-state index contributed by atoms with van der Waals surface area (Å²) >= 11 is 1.07. The lowest BCUT2D eigenvalue weighted by Gasteiger charge is -2.28. The number of halogens is 1. The first-order valence-corrected chi connectivity index (χ1v) is 12.9. The van der Waals surface area contributed by atoms with Crippen molar-refractivity contribution >= 4 is 33.0 Å². The van der Waals surface area contributed by atoms with Crippen molar-refractivity contribution in [3.8, 4) is 0 Å². The standard InChI is InChI=1S/C26H23FN2O3S2/c27-23-13-15-24(16-14-23)29(34(31,32)26-12-7-17-33-26)20-25(30)28(18-21-8-3-1-4-9-21)19-22-10-5-2-6-11-22/h1-17H,18-20H2. The molecule has 0 bridgehead atoms. The summed E-state index contributed by atoms with van der Waals surface area (Å²) in [7, 11) is -4.02. The van der Waals surface area contributed by atoms with Crippen molar-refractivity contribution in [2.75, 3.05) is 10.8 Å². The van der Waals surface area contributed by atoms with Crippen LogP contribution in [0.5, 0.6) is 0 Å². The number of hydrogen-bond acceptors (Lipinski definition) is 4. The molecule has 0 fully saturated rings. The monoisotopic (exact) mass is 494 g/mol. The third-order valence-corrected chi connectivity index (χ3v) is 8.37. The Morgan fingerprint density at radius 2 is 1.32 bits per heavy atom. The van der Waals surface area contributed by atoms with Gasteiger partial charge >= 0.3 is 0 Å². The number of sulfonamides is 1. The van der Waals surface area contributed by atoms with Gasteiger partial charge in [0, 0.05) is 13.1 Å². The lowest BCUT2D eigenvalue weighted by Crippen LogP contribution is -2.42. The van der Waals surface area contributed by atoms with Crippen molar-refractivity contribution in [3.05, 3.63) is 119 Å². The Balaban J connectivity index is 1.67. The van der Waals surface area contributed by atoms with Crippen molar-refractivity contribution in [1.29, 1.82) is 0 Å². The predicted molar refractivity (Wildman–Crippen MR) is 132 cm³/mol. The van der Waals surface area contributed by atoms with Gasteiger partial charge in [-0.15, -0.1) is 11.3 Å². The molecule has 5 nitrogen and oxygen atoms in total. The first-order valence-electron chi connectivity index (χ1n) is 10.6. The van der Waals surface area contributed by atoms with Crippen LogP contribution in [0.1, 0.15) is 11.1 Å². The molecule has 8 heteroatoms. The number of amides is 1. The van der Waals surface area contributed by atoms with Crippen LogP contribution in [0.2, 0.25) is 0 Å². The second-order valence-electron chi connectivity index (χ2n) is 7.64. The molecule has 0 atom stereocenters. The topological polar surface area (TPSA) is 57.7 Å². The second-order valence-corrected chi connectivity index (χ2v) is 10.7. The van der Waals surface area contributed by atoms with Crippen LogP contribution in [-0.2, 0) is 27.9 Å². The Morgan fingerprint density at radius 3 is 1.82 bits per heavy atom. The third-order valence-electron chi connectivity index (χ3n) is 5.22. The normalized spacial score (nSPS) is 11.2. The zero-order chi connectivity index (χ0) is 24.0. The number of hydrogen-bond donors (Lipinski definition) is 0. The molecular weight excluding hydrogens is 471 g/mol. The molecule has 1 amide bonds. The Labute approximate surface area is 202 Å². The number of nitrogens with zero attached hydrogens (tertiary/aromatic N) is 2. The largest absolute Gasteiger partial charge is 0.332 e. The maximum Gasteiger partial charge on any atom is 0.274 e. The molecule has 4 rings (SSSR count). The maximum absolute atomic E-state index is 13.6.